The Morgan fingerprint density at radius 2 is 1.58 bits per heavy atom. The molecule has 1 aromatic heterocycles. The van der Waals surface area contributed by atoms with Crippen molar-refractivity contribution in [1.29, 1.82) is 0 Å². The van der Waals surface area contributed by atoms with Crippen LogP contribution in [-0.4, -0.2) is 10.5 Å². The van der Waals surface area contributed by atoms with Gasteiger partial charge in [0.25, 0.3) is 0 Å². The Bertz CT molecular complexity index is 883. The van der Waals surface area contributed by atoms with Gasteiger partial charge in [-0.1, -0.05) is 36.4 Å². The molecule has 6 heteroatoms. The van der Waals surface area contributed by atoms with Gasteiger partial charge in [0.1, 0.15) is 0 Å². The number of halogens is 3. The molecule has 0 saturated carbocycles. The molecule has 0 radical (unpaired) electrons. The number of nitrogens with two attached hydrogens (primary N) is 1. The number of carbonyl (C=O) groups excluding carboxylic acids is 1. The zero-order valence-corrected chi connectivity index (χ0v) is 12.4. The Labute approximate surface area is 136 Å². The van der Waals surface area contributed by atoms with Crippen molar-refractivity contribution >= 4 is 5.91 Å². The summed E-state index contributed by atoms with van der Waals surface area (Å²) in [6.07, 6.45) is -3.06. The molecule has 0 atom stereocenters. The molecule has 122 valence electrons. The third-order valence-corrected chi connectivity index (χ3v) is 3.65. The summed E-state index contributed by atoms with van der Waals surface area (Å²) < 4.78 is 41.5. The summed E-state index contributed by atoms with van der Waals surface area (Å²) in [7, 11) is 0. The minimum Gasteiger partial charge on any atom is -0.366 e. The zero-order chi connectivity index (χ0) is 17.3. The minimum atomic E-state index is -4.50. The minimum absolute atomic E-state index is 0.0126. The SMILES string of the molecule is NC(=O)c1cc(-c2ccccc2C(F)(F)F)n(-c2ccccc2)c1. The highest BCUT2D eigenvalue weighted by Gasteiger charge is 2.34. The Morgan fingerprint density at radius 1 is 0.958 bits per heavy atom. The van der Waals surface area contributed by atoms with E-state index < -0.39 is 17.6 Å². The van der Waals surface area contributed by atoms with Crippen LogP contribution in [0.2, 0.25) is 0 Å². The largest absolute Gasteiger partial charge is 0.417 e. The van der Waals surface area contributed by atoms with Gasteiger partial charge in [-0.25, -0.2) is 0 Å². The lowest BCUT2D eigenvalue weighted by atomic mass is 10.0. The second kappa shape index (κ2) is 5.88. The highest BCUT2D eigenvalue weighted by Crippen LogP contribution is 2.38. The van der Waals surface area contributed by atoms with Gasteiger partial charge in [0.15, 0.2) is 0 Å². The van der Waals surface area contributed by atoms with Gasteiger partial charge in [0.05, 0.1) is 16.8 Å². The molecule has 0 aliphatic heterocycles. The van der Waals surface area contributed by atoms with Crippen molar-refractivity contribution in [3.63, 3.8) is 0 Å². The van der Waals surface area contributed by atoms with Gasteiger partial charge < -0.3 is 10.3 Å². The van der Waals surface area contributed by atoms with Gasteiger partial charge in [-0.2, -0.15) is 13.2 Å². The molecule has 2 aromatic carbocycles. The van der Waals surface area contributed by atoms with Crippen LogP contribution in [0.15, 0.2) is 66.9 Å². The van der Waals surface area contributed by atoms with Crippen LogP contribution in [0, 0.1) is 0 Å². The molecule has 0 spiro atoms. The van der Waals surface area contributed by atoms with E-state index in [9.17, 15) is 18.0 Å². The average Bonchev–Trinajstić information content (AvgIpc) is 3.00. The standard InChI is InChI=1S/C18H13F3N2O/c19-18(20,21)15-9-5-4-8-14(15)16-10-12(17(22)24)11-23(16)13-6-2-1-3-7-13/h1-11H,(H2,22,24). The predicted molar refractivity (Wildman–Crippen MR) is 84.7 cm³/mol. The highest BCUT2D eigenvalue weighted by molar-refractivity contribution is 5.94. The maximum atomic E-state index is 13.3. The topological polar surface area (TPSA) is 48.0 Å². The fraction of sp³-hybridized carbons (Fsp3) is 0.0556. The van der Waals surface area contributed by atoms with Crippen LogP contribution in [0.5, 0.6) is 0 Å². The molecular formula is C18H13F3N2O. The van der Waals surface area contributed by atoms with Gasteiger partial charge in [0, 0.05) is 17.4 Å². The Morgan fingerprint density at radius 3 is 2.21 bits per heavy atom. The first kappa shape index (κ1) is 15.9. The van der Waals surface area contributed by atoms with Crippen LogP contribution >= 0.6 is 0 Å². The normalized spacial score (nSPS) is 11.5. The number of nitrogens with zero attached hydrogens (tertiary/aromatic N) is 1. The first-order valence-corrected chi connectivity index (χ1v) is 7.12. The molecule has 1 heterocycles. The second-order valence-corrected chi connectivity index (χ2v) is 5.23. The highest BCUT2D eigenvalue weighted by atomic mass is 19.4. The molecule has 3 nitrogen and oxygen atoms in total. The number of carbonyl (C=O) groups is 1. The number of rotatable bonds is 3. The van der Waals surface area contributed by atoms with E-state index in [2.05, 4.69) is 0 Å². The summed E-state index contributed by atoms with van der Waals surface area (Å²) in [6, 6.07) is 15.4. The molecule has 2 N–H and O–H groups in total. The fourth-order valence-electron chi connectivity index (χ4n) is 2.56. The van der Waals surface area contributed by atoms with Gasteiger partial charge >= 0.3 is 6.18 Å². The number of benzene rings is 2. The lowest BCUT2D eigenvalue weighted by molar-refractivity contribution is -0.137. The average molecular weight is 330 g/mol. The van der Waals surface area contributed by atoms with Crippen LogP contribution in [0.1, 0.15) is 15.9 Å². The molecule has 1 amide bonds. The molecule has 0 aliphatic rings. The van der Waals surface area contributed by atoms with E-state index in [0.29, 0.717) is 5.69 Å². The quantitative estimate of drug-likeness (QED) is 0.766. The number of aromatic nitrogens is 1. The molecule has 24 heavy (non-hydrogen) atoms. The van der Waals surface area contributed by atoms with E-state index in [4.69, 9.17) is 5.73 Å². The molecule has 3 rings (SSSR count). The van der Waals surface area contributed by atoms with Gasteiger partial charge in [0.2, 0.25) is 5.91 Å². The Hall–Kier alpha value is -3.02. The van der Waals surface area contributed by atoms with Crippen molar-refractivity contribution in [2.75, 3.05) is 0 Å². The van der Waals surface area contributed by atoms with Crippen LogP contribution in [0.3, 0.4) is 0 Å². The maximum Gasteiger partial charge on any atom is 0.417 e. The van der Waals surface area contributed by atoms with E-state index in [1.807, 2.05) is 0 Å². The summed E-state index contributed by atoms with van der Waals surface area (Å²) in [5.74, 6) is -0.699. The first-order valence-electron chi connectivity index (χ1n) is 7.12. The van der Waals surface area contributed by atoms with Gasteiger partial charge in [-0.05, 0) is 24.3 Å². The Kier molecular flexibility index (Phi) is 3.89. The van der Waals surface area contributed by atoms with Gasteiger partial charge in [-0.3, -0.25) is 4.79 Å². The van der Waals surface area contributed by atoms with Crippen molar-refractivity contribution in [1.82, 2.24) is 4.57 Å². The molecule has 0 fully saturated rings. The van der Waals surface area contributed by atoms with E-state index in [1.165, 1.54) is 35.0 Å². The number of primary amides is 1. The van der Waals surface area contributed by atoms with E-state index in [1.54, 1.807) is 30.3 Å². The lowest BCUT2D eigenvalue weighted by Gasteiger charge is -2.15. The van der Waals surface area contributed by atoms with Crippen molar-refractivity contribution in [2.45, 2.75) is 6.18 Å². The van der Waals surface area contributed by atoms with Crippen LogP contribution in [0.4, 0.5) is 13.2 Å². The zero-order valence-electron chi connectivity index (χ0n) is 12.4. The number of hydrogen-bond acceptors (Lipinski definition) is 1. The molecule has 3 aromatic rings. The van der Waals surface area contributed by atoms with E-state index in [0.717, 1.165) is 6.07 Å². The molecular weight excluding hydrogens is 317 g/mol. The Balaban J connectivity index is 2.28. The summed E-state index contributed by atoms with van der Waals surface area (Å²) in [5.41, 5.74) is 5.55. The van der Waals surface area contributed by atoms with Crippen LogP contribution in [-0.2, 0) is 6.18 Å². The predicted octanol–water partition coefficient (Wildman–Crippen LogP) is 4.26. The van der Waals surface area contributed by atoms with Crippen molar-refractivity contribution in [3.8, 4) is 16.9 Å². The third kappa shape index (κ3) is 2.90. The lowest BCUT2D eigenvalue weighted by Crippen LogP contribution is -2.09. The number of para-hydroxylation sites is 1. The third-order valence-electron chi connectivity index (χ3n) is 3.65. The monoisotopic (exact) mass is 330 g/mol. The first-order chi connectivity index (χ1) is 11.4. The van der Waals surface area contributed by atoms with Crippen molar-refractivity contribution in [2.24, 2.45) is 5.73 Å². The molecule has 0 saturated heterocycles. The summed E-state index contributed by atoms with van der Waals surface area (Å²) in [6.45, 7) is 0. The number of hydrogen-bond donors (Lipinski definition) is 1. The summed E-state index contributed by atoms with van der Waals surface area (Å²) in [4.78, 5) is 11.5. The second-order valence-electron chi connectivity index (χ2n) is 5.23. The number of amides is 1. The van der Waals surface area contributed by atoms with Crippen molar-refractivity contribution in [3.05, 3.63) is 78.0 Å². The summed E-state index contributed by atoms with van der Waals surface area (Å²) in [5, 5.41) is 0. The van der Waals surface area contributed by atoms with Crippen LogP contribution in [0.25, 0.3) is 16.9 Å². The summed E-state index contributed by atoms with van der Waals surface area (Å²) >= 11 is 0. The molecule has 0 aliphatic carbocycles. The number of alkyl halides is 3. The molecule has 0 bridgehead atoms. The maximum absolute atomic E-state index is 13.3. The fourth-order valence-corrected chi connectivity index (χ4v) is 2.56. The van der Waals surface area contributed by atoms with Crippen molar-refractivity contribution < 1.29 is 18.0 Å². The molecule has 0 unspecified atom stereocenters. The van der Waals surface area contributed by atoms with E-state index in [-0.39, 0.29) is 16.8 Å². The van der Waals surface area contributed by atoms with Gasteiger partial charge in [-0.15, -0.1) is 0 Å². The smallest absolute Gasteiger partial charge is 0.366 e. The van der Waals surface area contributed by atoms with Crippen LogP contribution < -0.4 is 5.73 Å². The van der Waals surface area contributed by atoms with E-state index >= 15 is 0 Å².